The van der Waals surface area contributed by atoms with Gasteiger partial charge in [0, 0.05) is 0 Å². The molecule has 0 aliphatic heterocycles. The Morgan fingerprint density at radius 3 is 2.56 bits per heavy atom. The van der Waals surface area contributed by atoms with Crippen molar-refractivity contribution in [2.45, 2.75) is 32.5 Å². The number of unbranched alkanes of at least 4 members (excludes halogenated alkanes) is 1. The van der Waals surface area contributed by atoms with E-state index in [1.165, 1.54) is 0 Å². The molecule has 1 N–H and O–H groups in total. The maximum absolute atomic E-state index is 12.7. The molecule has 3 nitrogen and oxygen atoms in total. The molecule has 0 bridgehead atoms. The van der Waals surface area contributed by atoms with Gasteiger partial charge in [0.05, 0.1) is 0 Å². The summed E-state index contributed by atoms with van der Waals surface area (Å²) in [5, 5.41) is 8.31. The largest absolute Gasteiger partial charge is 0.476 e. The first-order valence-corrected chi connectivity index (χ1v) is 5.26. The summed E-state index contributed by atoms with van der Waals surface area (Å²) >= 11 is 0. The molecule has 0 radical (unpaired) electrons. The molecule has 0 aliphatic rings. The second-order valence-corrected chi connectivity index (χ2v) is 3.52. The number of aliphatic carboxylic acids is 1. The summed E-state index contributed by atoms with van der Waals surface area (Å²) in [4.78, 5) is 10.2. The number of hydrogen-bond donors (Lipinski definition) is 1. The molecule has 1 atom stereocenters. The summed E-state index contributed by atoms with van der Waals surface area (Å²) in [6.45, 7) is 2.11. The SMILES string of the molecule is CCCCc1ccc(OC(F)C(=O)O)cc1. The Labute approximate surface area is 93.9 Å². The zero-order chi connectivity index (χ0) is 12.0. The number of benzene rings is 1. The number of carboxylic acids is 1. The van der Waals surface area contributed by atoms with Gasteiger partial charge in [0.2, 0.25) is 0 Å². The van der Waals surface area contributed by atoms with Gasteiger partial charge in [-0.25, -0.2) is 4.79 Å². The molecule has 88 valence electrons. The molecule has 0 heterocycles. The summed E-state index contributed by atoms with van der Waals surface area (Å²) in [5.41, 5.74) is 1.14. The molecule has 1 rings (SSSR count). The van der Waals surface area contributed by atoms with Gasteiger partial charge in [-0.1, -0.05) is 25.5 Å². The molecule has 0 aromatic heterocycles. The third-order valence-electron chi connectivity index (χ3n) is 2.18. The lowest BCUT2D eigenvalue weighted by molar-refractivity contribution is -0.153. The van der Waals surface area contributed by atoms with Crippen LogP contribution in [0.2, 0.25) is 0 Å². The number of ether oxygens (including phenoxy) is 1. The minimum absolute atomic E-state index is 0.232. The first-order valence-electron chi connectivity index (χ1n) is 5.26. The van der Waals surface area contributed by atoms with Crippen LogP contribution in [0.3, 0.4) is 0 Å². The summed E-state index contributed by atoms with van der Waals surface area (Å²) < 4.78 is 17.3. The average molecular weight is 226 g/mol. The highest BCUT2D eigenvalue weighted by Crippen LogP contribution is 2.15. The average Bonchev–Trinajstić information content (AvgIpc) is 2.28. The fourth-order valence-corrected chi connectivity index (χ4v) is 1.29. The maximum atomic E-state index is 12.7. The molecule has 0 aliphatic carbocycles. The fraction of sp³-hybridized carbons (Fsp3) is 0.417. The molecule has 1 aromatic carbocycles. The highest BCUT2D eigenvalue weighted by Gasteiger charge is 2.16. The standard InChI is InChI=1S/C12H15FO3/c1-2-3-4-9-5-7-10(8-6-9)16-11(13)12(14)15/h5-8,11H,2-4H2,1H3,(H,14,15). The van der Waals surface area contributed by atoms with E-state index in [0.717, 1.165) is 24.8 Å². The Balaban J connectivity index is 2.54. The minimum Gasteiger partial charge on any atom is -0.476 e. The molecule has 16 heavy (non-hydrogen) atoms. The van der Waals surface area contributed by atoms with Crippen molar-refractivity contribution in [3.8, 4) is 5.75 Å². The second-order valence-electron chi connectivity index (χ2n) is 3.52. The summed E-state index contributed by atoms with van der Waals surface area (Å²) in [6.07, 6.45) is 0.876. The van der Waals surface area contributed by atoms with Crippen LogP contribution in [-0.2, 0) is 11.2 Å². The molecule has 0 saturated heterocycles. The highest BCUT2D eigenvalue weighted by molar-refractivity contribution is 5.70. The quantitative estimate of drug-likeness (QED) is 0.811. The van der Waals surface area contributed by atoms with Gasteiger partial charge in [0.25, 0.3) is 0 Å². The van der Waals surface area contributed by atoms with E-state index in [1.807, 2.05) is 12.1 Å². The third-order valence-corrected chi connectivity index (χ3v) is 2.18. The number of hydrogen-bond acceptors (Lipinski definition) is 2. The van der Waals surface area contributed by atoms with Crippen LogP contribution < -0.4 is 4.74 Å². The lowest BCUT2D eigenvalue weighted by Gasteiger charge is -2.07. The Bertz CT molecular complexity index is 335. The summed E-state index contributed by atoms with van der Waals surface area (Å²) in [5.74, 6) is -1.38. The van der Waals surface area contributed by atoms with Gasteiger partial charge in [0.15, 0.2) is 0 Å². The predicted octanol–water partition coefficient (Wildman–Crippen LogP) is 2.79. The summed E-state index contributed by atoms with van der Waals surface area (Å²) in [7, 11) is 0. The Kier molecular flexibility index (Phi) is 4.76. The van der Waals surface area contributed by atoms with Crippen molar-refractivity contribution in [1.82, 2.24) is 0 Å². The second kappa shape index (κ2) is 6.10. The lowest BCUT2D eigenvalue weighted by atomic mass is 10.1. The van der Waals surface area contributed by atoms with E-state index in [9.17, 15) is 9.18 Å². The van der Waals surface area contributed by atoms with Gasteiger partial charge in [-0.3, -0.25) is 0 Å². The number of rotatable bonds is 6. The predicted molar refractivity (Wildman–Crippen MR) is 58.2 cm³/mol. The van der Waals surface area contributed by atoms with Crippen molar-refractivity contribution in [3.05, 3.63) is 29.8 Å². The normalized spacial score (nSPS) is 12.1. The van der Waals surface area contributed by atoms with Crippen LogP contribution >= 0.6 is 0 Å². The van der Waals surface area contributed by atoms with E-state index >= 15 is 0 Å². The molecular formula is C12H15FO3. The topological polar surface area (TPSA) is 46.5 Å². The van der Waals surface area contributed by atoms with Crippen LogP contribution in [0.4, 0.5) is 4.39 Å². The summed E-state index contributed by atoms with van der Waals surface area (Å²) in [6, 6.07) is 6.81. The van der Waals surface area contributed by atoms with Gasteiger partial charge in [-0.05, 0) is 30.5 Å². The van der Waals surface area contributed by atoms with Crippen molar-refractivity contribution >= 4 is 5.97 Å². The van der Waals surface area contributed by atoms with Crippen molar-refractivity contribution in [2.75, 3.05) is 0 Å². The van der Waals surface area contributed by atoms with Crippen LogP contribution in [0.15, 0.2) is 24.3 Å². The number of halogens is 1. The van der Waals surface area contributed by atoms with E-state index in [0.29, 0.717) is 0 Å². The number of carboxylic acid groups (broad SMARTS) is 1. The zero-order valence-electron chi connectivity index (χ0n) is 9.15. The zero-order valence-corrected chi connectivity index (χ0v) is 9.15. The lowest BCUT2D eigenvalue weighted by Crippen LogP contribution is -2.21. The minimum atomic E-state index is -2.30. The van der Waals surface area contributed by atoms with E-state index in [-0.39, 0.29) is 5.75 Å². The van der Waals surface area contributed by atoms with Gasteiger partial charge in [-0.15, -0.1) is 0 Å². The van der Waals surface area contributed by atoms with Gasteiger partial charge >= 0.3 is 12.3 Å². The molecular weight excluding hydrogens is 211 g/mol. The molecule has 0 spiro atoms. The van der Waals surface area contributed by atoms with Crippen molar-refractivity contribution < 1.29 is 19.0 Å². The van der Waals surface area contributed by atoms with Crippen LogP contribution in [0.25, 0.3) is 0 Å². The van der Waals surface area contributed by atoms with E-state index in [2.05, 4.69) is 11.7 Å². The molecule has 1 aromatic rings. The van der Waals surface area contributed by atoms with Crippen LogP contribution in [0.5, 0.6) is 5.75 Å². The van der Waals surface area contributed by atoms with Crippen LogP contribution in [0, 0.1) is 0 Å². The number of carbonyl (C=O) groups is 1. The smallest absolute Gasteiger partial charge is 0.378 e. The van der Waals surface area contributed by atoms with Crippen molar-refractivity contribution in [3.63, 3.8) is 0 Å². The molecule has 1 unspecified atom stereocenters. The Hall–Kier alpha value is -1.58. The van der Waals surface area contributed by atoms with Gasteiger partial charge in [0.1, 0.15) is 5.75 Å². The number of alkyl halides is 1. The van der Waals surface area contributed by atoms with E-state index < -0.39 is 12.3 Å². The van der Waals surface area contributed by atoms with E-state index in [4.69, 9.17) is 5.11 Å². The van der Waals surface area contributed by atoms with Gasteiger partial charge < -0.3 is 9.84 Å². The highest BCUT2D eigenvalue weighted by atomic mass is 19.1. The van der Waals surface area contributed by atoms with E-state index in [1.54, 1.807) is 12.1 Å². The molecule has 0 fully saturated rings. The fourth-order valence-electron chi connectivity index (χ4n) is 1.29. The first kappa shape index (κ1) is 12.5. The molecule has 4 heteroatoms. The maximum Gasteiger partial charge on any atom is 0.378 e. The van der Waals surface area contributed by atoms with Gasteiger partial charge in [-0.2, -0.15) is 4.39 Å². The third kappa shape index (κ3) is 3.88. The Morgan fingerprint density at radius 2 is 2.06 bits per heavy atom. The van der Waals surface area contributed by atoms with Crippen molar-refractivity contribution in [2.24, 2.45) is 0 Å². The molecule has 0 amide bonds. The Morgan fingerprint density at radius 1 is 1.44 bits per heavy atom. The van der Waals surface area contributed by atoms with Crippen LogP contribution in [0.1, 0.15) is 25.3 Å². The number of aryl methyl sites for hydroxylation is 1. The molecule has 0 saturated carbocycles. The van der Waals surface area contributed by atoms with Crippen LogP contribution in [-0.4, -0.2) is 17.4 Å². The van der Waals surface area contributed by atoms with Crippen molar-refractivity contribution in [1.29, 1.82) is 0 Å². The first-order chi connectivity index (χ1) is 7.63. The monoisotopic (exact) mass is 226 g/mol.